The topological polar surface area (TPSA) is 41.3 Å². The van der Waals surface area contributed by atoms with Crippen LogP contribution in [0.2, 0.25) is 0 Å². The van der Waals surface area contributed by atoms with Gasteiger partial charge in [0.05, 0.1) is 17.7 Å². The van der Waals surface area contributed by atoms with E-state index >= 15 is 0 Å². The fourth-order valence-corrected chi connectivity index (χ4v) is 4.12. The van der Waals surface area contributed by atoms with Crippen LogP contribution in [0, 0.1) is 6.92 Å². The highest BCUT2D eigenvalue weighted by atomic mass is 32.1. The lowest BCUT2D eigenvalue weighted by atomic mass is 10.1. The molecule has 0 bridgehead atoms. The Morgan fingerprint density at radius 3 is 2.26 bits per heavy atom. The molecule has 1 aromatic heterocycles. The highest BCUT2D eigenvalue weighted by molar-refractivity contribution is 7.18. The quantitative estimate of drug-likeness (QED) is 0.549. The zero-order chi connectivity index (χ0) is 16.0. The highest BCUT2D eigenvalue weighted by Gasteiger charge is 2.35. The second-order valence-corrected chi connectivity index (χ2v) is 6.78. The van der Waals surface area contributed by atoms with Gasteiger partial charge in [-0.05, 0) is 18.2 Å². The van der Waals surface area contributed by atoms with Crippen LogP contribution < -0.4 is 4.57 Å². The maximum absolute atomic E-state index is 12.4. The van der Waals surface area contributed by atoms with Crippen LogP contribution in [0.1, 0.15) is 25.7 Å². The number of imide groups is 1. The predicted molar refractivity (Wildman–Crippen MR) is 88.6 cm³/mol. The highest BCUT2D eigenvalue weighted by Crippen LogP contribution is 2.23. The molecule has 0 saturated heterocycles. The Morgan fingerprint density at radius 1 is 0.957 bits per heavy atom. The van der Waals surface area contributed by atoms with Gasteiger partial charge in [-0.15, -0.1) is 0 Å². The van der Waals surface area contributed by atoms with Gasteiger partial charge in [-0.25, -0.2) is 0 Å². The van der Waals surface area contributed by atoms with Crippen LogP contribution in [-0.2, 0) is 6.54 Å². The van der Waals surface area contributed by atoms with E-state index in [9.17, 15) is 9.59 Å². The van der Waals surface area contributed by atoms with E-state index in [4.69, 9.17) is 0 Å². The molecule has 0 aliphatic carbocycles. The van der Waals surface area contributed by atoms with Gasteiger partial charge in [0.2, 0.25) is 10.5 Å². The van der Waals surface area contributed by atoms with Crippen LogP contribution in [0.15, 0.2) is 48.5 Å². The fraction of sp³-hybridized carbons (Fsp3) is 0.167. The molecule has 2 aromatic carbocycles. The zero-order valence-corrected chi connectivity index (χ0v) is 13.5. The maximum atomic E-state index is 12.4. The number of rotatable bonds is 3. The Labute approximate surface area is 137 Å². The van der Waals surface area contributed by atoms with Gasteiger partial charge in [-0.1, -0.05) is 35.6 Å². The molecular weight excluding hydrogens is 308 g/mol. The van der Waals surface area contributed by atoms with Crippen LogP contribution >= 0.6 is 11.3 Å². The number of hydrogen-bond donors (Lipinski definition) is 0. The summed E-state index contributed by atoms with van der Waals surface area (Å²) in [7, 11) is 0. The van der Waals surface area contributed by atoms with Crippen LogP contribution in [0.5, 0.6) is 0 Å². The van der Waals surface area contributed by atoms with Gasteiger partial charge in [0.1, 0.15) is 4.70 Å². The number of benzene rings is 2. The van der Waals surface area contributed by atoms with E-state index in [1.165, 1.54) is 14.6 Å². The number of nitrogens with zero attached hydrogens (tertiary/aromatic N) is 2. The van der Waals surface area contributed by atoms with Crippen LogP contribution in [0.25, 0.3) is 10.2 Å². The molecule has 2 amide bonds. The van der Waals surface area contributed by atoms with E-state index in [0.717, 1.165) is 5.52 Å². The van der Waals surface area contributed by atoms with E-state index < -0.39 is 0 Å². The zero-order valence-electron chi connectivity index (χ0n) is 12.7. The summed E-state index contributed by atoms with van der Waals surface area (Å²) >= 11 is 1.72. The van der Waals surface area contributed by atoms with Crippen molar-refractivity contribution in [2.24, 2.45) is 0 Å². The molecule has 1 aliphatic rings. The average Bonchev–Trinajstić information content (AvgIpc) is 3.01. The van der Waals surface area contributed by atoms with Crippen molar-refractivity contribution in [1.82, 2.24) is 4.90 Å². The van der Waals surface area contributed by atoms with Gasteiger partial charge in [0.25, 0.3) is 11.8 Å². The summed E-state index contributed by atoms with van der Waals surface area (Å²) in [4.78, 5) is 26.2. The summed E-state index contributed by atoms with van der Waals surface area (Å²) in [6, 6.07) is 15.2. The van der Waals surface area contributed by atoms with Crippen molar-refractivity contribution >= 4 is 33.4 Å². The number of carbonyl (C=O) groups excluding carboxylic acids is 2. The molecule has 0 spiro atoms. The van der Waals surface area contributed by atoms with Gasteiger partial charge in [-0.2, -0.15) is 4.57 Å². The molecule has 23 heavy (non-hydrogen) atoms. The third kappa shape index (κ3) is 2.16. The summed E-state index contributed by atoms with van der Waals surface area (Å²) in [6.45, 7) is 3.06. The molecule has 1 aliphatic heterocycles. The van der Waals surface area contributed by atoms with Crippen LogP contribution in [0.4, 0.5) is 0 Å². The summed E-state index contributed by atoms with van der Waals surface area (Å²) in [5, 5.41) is 1.17. The molecule has 4 nitrogen and oxygen atoms in total. The van der Waals surface area contributed by atoms with Gasteiger partial charge in [-0.3, -0.25) is 14.5 Å². The first-order valence-corrected chi connectivity index (χ1v) is 8.31. The van der Waals surface area contributed by atoms with E-state index in [0.29, 0.717) is 24.2 Å². The second kappa shape index (κ2) is 5.28. The van der Waals surface area contributed by atoms with E-state index in [-0.39, 0.29) is 11.8 Å². The standard InChI is InChI=1S/C18H15N2O2S/c1-12-19(15-8-4-5-9-16(15)23-12)10-11-20-17(21)13-6-2-3-7-14(13)18(20)22/h2-9H,10-11H2,1H3/q+1. The molecule has 114 valence electrons. The molecule has 5 heteroatoms. The smallest absolute Gasteiger partial charge is 0.261 e. The lowest BCUT2D eigenvalue weighted by molar-refractivity contribution is -0.671. The molecule has 0 N–H and O–H groups in total. The average molecular weight is 323 g/mol. The fourth-order valence-electron chi connectivity index (χ4n) is 3.07. The lowest BCUT2D eigenvalue weighted by Gasteiger charge is -2.11. The maximum Gasteiger partial charge on any atom is 0.261 e. The van der Waals surface area contributed by atoms with E-state index in [2.05, 4.69) is 23.6 Å². The first-order valence-electron chi connectivity index (χ1n) is 7.50. The molecular formula is C18H15N2O2S+. The van der Waals surface area contributed by atoms with Crippen molar-refractivity contribution < 1.29 is 14.2 Å². The Morgan fingerprint density at radius 2 is 1.57 bits per heavy atom. The van der Waals surface area contributed by atoms with Gasteiger partial charge >= 0.3 is 0 Å². The third-order valence-electron chi connectivity index (χ3n) is 4.22. The number of thiazole rings is 1. The van der Waals surface area contributed by atoms with Crippen molar-refractivity contribution in [2.45, 2.75) is 13.5 Å². The number of hydrogen-bond acceptors (Lipinski definition) is 3. The number of fused-ring (bicyclic) bond motifs is 2. The van der Waals surface area contributed by atoms with Crippen molar-refractivity contribution in [2.75, 3.05) is 6.54 Å². The minimum absolute atomic E-state index is 0.191. The number of amides is 2. The Bertz CT molecular complexity index is 910. The van der Waals surface area contributed by atoms with Gasteiger partial charge in [0, 0.05) is 13.0 Å². The van der Waals surface area contributed by atoms with Gasteiger partial charge < -0.3 is 0 Å². The van der Waals surface area contributed by atoms with Crippen LogP contribution in [-0.4, -0.2) is 23.3 Å². The number of para-hydroxylation sites is 1. The van der Waals surface area contributed by atoms with E-state index in [1.807, 2.05) is 12.1 Å². The van der Waals surface area contributed by atoms with Crippen molar-refractivity contribution in [3.05, 3.63) is 64.7 Å². The monoisotopic (exact) mass is 323 g/mol. The minimum atomic E-state index is -0.191. The Kier molecular flexibility index (Phi) is 3.23. The van der Waals surface area contributed by atoms with Crippen molar-refractivity contribution in [3.8, 4) is 0 Å². The van der Waals surface area contributed by atoms with Crippen molar-refractivity contribution in [3.63, 3.8) is 0 Å². The molecule has 0 unspecified atom stereocenters. The molecule has 0 fully saturated rings. The van der Waals surface area contributed by atoms with E-state index in [1.54, 1.807) is 35.6 Å². The molecule has 0 saturated carbocycles. The SMILES string of the molecule is Cc1sc2ccccc2[n+]1CCN1C(=O)c2ccccc2C1=O. The minimum Gasteiger partial charge on any atom is -0.269 e. The first-order chi connectivity index (χ1) is 11.2. The molecule has 4 rings (SSSR count). The predicted octanol–water partition coefficient (Wildman–Crippen LogP) is 2.79. The van der Waals surface area contributed by atoms with Crippen LogP contribution in [0.3, 0.4) is 0 Å². The first kappa shape index (κ1) is 14.1. The number of carbonyl (C=O) groups is 2. The Balaban J connectivity index is 1.62. The van der Waals surface area contributed by atoms with Crippen molar-refractivity contribution in [1.29, 1.82) is 0 Å². The molecule has 0 atom stereocenters. The molecule has 3 aromatic rings. The lowest BCUT2D eigenvalue weighted by Crippen LogP contribution is -2.43. The molecule has 2 heterocycles. The summed E-state index contributed by atoms with van der Waals surface area (Å²) in [5.74, 6) is -0.383. The Hall–Kier alpha value is -2.53. The normalized spacial score (nSPS) is 13.9. The summed E-state index contributed by atoms with van der Waals surface area (Å²) in [5.41, 5.74) is 2.16. The third-order valence-corrected chi connectivity index (χ3v) is 5.30. The largest absolute Gasteiger partial charge is 0.269 e. The van der Waals surface area contributed by atoms with Gasteiger partial charge in [0.15, 0.2) is 6.54 Å². The summed E-state index contributed by atoms with van der Waals surface area (Å²) < 4.78 is 3.39. The number of aromatic nitrogens is 1. The summed E-state index contributed by atoms with van der Waals surface area (Å²) in [6.07, 6.45) is 0. The molecule has 0 radical (unpaired) electrons. The number of aryl methyl sites for hydroxylation is 1. The second-order valence-electron chi connectivity index (χ2n) is 5.55.